The number of hydrogen-bond acceptors (Lipinski definition) is 5. The Hall–Kier alpha value is -3.44. The molecule has 0 aliphatic carbocycles. The van der Waals surface area contributed by atoms with Crippen LogP contribution in [-0.2, 0) is 6.61 Å². The minimum atomic E-state index is -0.0595. The summed E-state index contributed by atoms with van der Waals surface area (Å²) in [7, 11) is 1.64. The first kappa shape index (κ1) is 17.0. The van der Waals surface area contributed by atoms with Crippen LogP contribution in [0.1, 0.15) is 5.56 Å². The van der Waals surface area contributed by atoms with Crippen molar-refractivity contribution in [1.82, 2.24) is 9.97 Å². The molecule has 4 rings (SSSR count). The lowest BCUT2D eigenvalue weighted by Gasteiger charge is -2.13. The van der Waals surface area contributed by atoms with Crippen LogP contribution in [0, 0.1) is 0 Å². The molecule has 0 atom stereocenters. The topological polar surface area (TPSA) is 64.5 Å². The first-order chi connectivity index (χ1) is 13.3. The fraction of sp³-hybridized carbons (Fsp3) is 0.0909. The van der Waals surface area contributed by atoms with Crippen molar-refractivity contribution in [1.29, 1.82) is 0 Å². The van der Waals surface area contributed by atoms with E-state index in [4.69, 9.17) is 9.47 Å². The van der Waals surface area contributed by atoms with Crippen LogP contribution in [0.25, 0.3) is 22.0 Å². The lowest BCUT2D eigenvalue weighted by Crippen LogP contribution is -1.94. The van der Waals surface area contributed by atoms with E-state index in [1.54, 1.807) is 19.5 Å². The first-order valence-corrected chi connectivity index (χ1v) is 8.53. The van der Waals surface area contributed by atoms with Crippen LogP contribution in [0.15, 0.2) is 73.1 Å². The highest BCUT2D eigenvalue weighted by Crippen LogP contribution is 2.35. The Bertz CT molecular complexity index is 1080. The van der Waals surface area contributed by atoms with Gasteiger partial charge < -0.3 is 14.6 Å². The molecule has 2 heterocycles. The number of fused-ring (bicyclic) bond motifs is 1. The number of pyridine rings is 2. The van der Waals surface area contributed by atoms with E-state index in [0.717, 1.165) is 33.3 Å². The Kier molecular flexibility index (Phi) is 4.68. The molecule has 5 nitrogen and oxygen atoms in total. The van der Waals surface area contributed by atoms with Crippen molar-refractivity contribution >= 4 is 10.9 Å². The molecule has 0 bridgehead atoms. The molecule has 0 unspecified atom stereocenters. The minimum absolute atomic E-state index is 0.0595. The minimum Gasteiger partial charge on any atom is -0.497 e. The number of aromatic nitrogens is 2. The van der Waals surface area contributed by atoms with Crippen LogP contribution in [0.3, 0.4) is 0 Å². The maximum atomic E-state index is 9.50. The smallest absolute Gasteiger partial charge is 0.219 e. The second-order valence-corrected chi connectivity index (χ2v) is 6.04. The summed E-state index contributed by atoms with van der Waals surface area (Å²) in [6.45, 7) is -0.0595. The Labute approximate surface area is 156 Å². The second kappa shape index (κ2) is 7.43. The summed E-state index contributed by atoms with van der Waals surface area (Å²) in [4.78, 5) is 8.64. The molecule has 5 heteroatoms. The van der Waals surface area contributed by atoms with Gasteiger partial charge in [0.05, 0.1) is 19.2 Å². The standard InChI is InChI=1S/C22H18N2O3/c1-26-18-6-3-16(4-7-18)19-8-2-15(14-25)12-21(19)27-22-9-5-17-13-23-11-10-20(17)24-22/h2-13,25H,14H2,1H3. The summed E-state index contributed by atoms with van der Waals surface area (Å²) < 4.78 is 11.3. The van der Waals surface area contributed by atoms with Gasteiger partial charge in [-0.2, -0.15) is 0 Å². The highest BCUT2D eigenvalue weighted by Gasteiger charge is 2.10. The largest absolute Gasteiger partial charge is 0.497 e. The number of hydrogen-bond donors (Lipinski definition) is 1. The van der Waals surface area contributed by atoms with Crippen molar-refractivity contribution in [3.05, 3.63) is 78.6 Å². The number of nitrogens with zero attached hydrogens (tertiary/aromatic N) is 2. The summed E-state index contributed by atoms with van der Waals surface area (Å²) >= 11 is 0. The molecule has 0 spiro atoms. The van der Waals surface area contributed by atoms with Gasteiger partial charge >= 0.3 is 0 Å². The molecule has 2 aromatic heterocycles. The average Bonchev–Trinajstić information content (AvgIpc) is 2.73. The number of aliphatic hydroxyl groups excluding tert-OH is 1. The highest BCUT2D eigenvalue weighted by molar-refractivity contribution is 5.78. The van der Waals surface area contributed by atoms with Crippen LogP contribution < -0.4 is 9.47 Å². The molecular weight excluding hydrogens is 340 g/mol. The molecule has 0 saturated heterocycles. The summed E-state index contributed by atoms with van der Waals surface area (Å²) in [5.74, 6) is 1.91. The van der Waals surface area contributed by atoms with E-state index < -0.39 is 0 Å². The molecule has 0 fully saturated rings. The second-order valence-electron chi connectivity index (χ2n) is 6.04. The van der Waals surface area contributed by atoms with Crippen LogP contribution in [0.2, 0.25) is 0 Å². The Morgan fingerprint density at radius 3 is 2.59 bits per heavy atom. The Morgan fingerprint density at radius 1 is 0.963 bits per heavy atom. The van der Waals surface area contributed by atoms with Crippen molar-refractivity contribution in [3.63, 3.8) is 0 Å². The number of rotatable bonds is 5. The summed E-state index contributed by atoms with van der Waals surface area (Å²) in [6, 6.07) is 19.0. The van der Waals surface area contributed by atoms with Crippen LogP contribution in [0.4, 0.5) is 0 Å². The van der Waals surface area contributed by atoms with Gasteiger partial charge in [-0.1, -0.05) is 24.3 Å². The molecule has 0 aliphatic heterocycles. The van der Waals surface area contributed by atoms with Gasteiger partial charge in [0.25, 0.3) is 0 Å². The number of ether oxygens (including phenoxy) is 2. The zero-order valence-electron chi connectivity index (χ0n) is 14.8. The van der Waals surface area contributed by atoms with Gasteiger partial charge in [-0.05, 0) is 41.5 Å². The SMILES string of the molecule is COc1ccc(-c2ccc(CO)cc2Oc2ccc3cnccc3n2)cc1. The normalized spacial score (nSPS) is 10.7. The molecule has 4 aromatic rings. The van der Waals surface area contributed by atoms with E-state index in [1.165, 1.54) is 0 Å². The van der Waals surface area contributed by atoms with Crippen LogP contribution in [0.5, 0.6) is 17.4 Å². The van der Waals surface area contributed by atoms with Crippen LogP contribution in [-0.4, -0.2) is 22.2 Å². The van der Waals surface area contributed by atoms with Gasteiger partial charge in [0, 0.05) is 29.4 Å². The molecule has 0 amide bonds. The fourth-order valence-electron chi connectivity index (χ4n) is 2.87. The van der Waals surface area contributed by atoms with E-state index in [1.807, 2.05) is 60.7 Å². The molecule has 0 saturated carbocycles. The number of methoxy groups -OCH3 is 1. The van der Waals surface area contributed by atoms with E-state index in [9.17, 15) is 5.11 Å². The first-order valence-electron chi connectivity index (χ1n) is 8.53. The summed E-state index contributed by atoms with van der Waals surface area (Å²) in [6.07, 6.45) is 3.47. The van der Waals surface area contributed by atoms with E-state index in [-0.39, 0.29) is 6.61 Å². The average molecular weight is 358 g/mol. The summed E-state index contributed by atoms with van der Waals surface area (Å²) in [5.41, 5.74) is 3.48. The van der Waals surface area contributed by atoms with Gasteiger partial charge in [-0.25, -0.2) is 4.98 Å². The fourth-order valence-corrected chi connectivity index (χ4v) is 2.87. The molecule has 2 aromatic carbocycles. The third-order valence-corrected chi connectivity index (χ3v) is 4.31. The van der Waals surface area contributed by atoms with Gasteiger partial charge in [0.15, 0.2) is 0 Å². The van der Waals surface area contributed by atoms with Gasteiger partial charge in [0.1, 0.15) is 11.5 Å². The highest BCUT2D eigenvalue weighted by atomic mass is 16.5. The van der Waals surface area contributed by atoms with Crippen molar-refractivity contribution < 1.29 is 14.6 Å². The van der Waals surface area contributed by atoms with Gasteiger partial charge in [-0.3, -0.25) is 4.98 Å². The van der Waals surface area contributed by atoms with Gasteiger partial charge in [-0.15, -0.1) is 0 Å². The molecule has 27 heavy (non-hydrogen) atoms. The lowest BCUT2D eigenvalue weighted by molar-refractivity contribution is 0.281. The Balaban J connectivity index is 1.74. The van der Waals surface area contributed by atoms with E-state index >= 15 is 0 Å². The zero-order valence-corrected chi connectivity index (χ0v) is 14.8. The van der Waals surface area contributed by atoms with E-state index in [2.05, 4.69) is 9.97 Å². The third kappa shape index (κ3) is 3.59. The van der Waals surface area contributed by atoms with Gasteiger partial charge in [0.2, 0.25) is 5.88 Å². The quantitative estimate of drug-likeness (QED) is 0.565. The van der Waals surface area contributed by atoms with Crippen molar-refractivity contribution in [2.24, 2.45) is 0 Å². The molecule has 0 radical (unpaired) electrons. The Morgan fingerprint density at radius 2 is 1.81 bits per heavy atom. The zero-order chi connectivity index (χ0) is 18.6. The lowest BCUT2D eigenvalue weighted by atomic mass is 10.0. The summed E-state index contributed by atoms with van der Waals surface area (Å²) in [5, 5.41) is 10.5. The van der Waals surface area contributed by atoms with Crippen molar-refractivity contribution in [2.75, 3.05) is 7.11 Å². The molecule has 134 valence electrons. The predicted octanol–water partition coefficient (Wildman–Crippen LogP) is 4.59. The van der Waals surface area contributed by atoms with Crippen molar-refractivity contribution in [3.8, 4) is 28.5 Å². The predicted molar refractivity (Wildman–Crippen MR) is 104 cm³/mol. The van der Waals surface area contributed by atoms with E-state index in [0.29, 0.717) is 11.6 Å². The monoisotopic (exact) mass is 358 g/mol. The van der Waals surface area contributed by atoms with Crippen molar-refractivity contribution in [2.45, 2.75) is 6.61 Å². The van der Waals surface area contributed by atoms with Crippen LogP contribution >= 0.6 is 0 Å². The molecule has 1 N–H and O–H groups in total. The third-order valence-electron chi connectivity index (χ3n) is 4.31. The maximum absolute atomic E-state index is 9.50. The molecular formula is C22H18N2O3. The molecule has 0 aliphatic rings. The maximum Gasteiger partial charge on any atom is 0.219 e. The number of aliphatic hydroxyl groups is 1. The number of benzene rings is 2.